The highest BCUT2D eigenvalue weighted by Crippen LogP contribution is 2.33. The Labute approximate surface area is 134 Å². The summed E-state index contributed by atoms with van der Waals surface area (Å²) in [5.41, 5.74) is 1.84. The van der Waals surface area contributed by atoms with Gasteiger partial charge in [0.25, 0.3) is 0 Å². The van der Waals surface area contributed by atoms with Gasteiger partial charge in [-0.3, -0.25) is 9.59 Å². The third kappa shape index (κ3) is 2.96. The summed E-state index contributed by atoms with van der Waals surface area (Å²) in [7, 11) is 0. The van der Waals surface area contributed by atoms with Gasteiger partial charge in [0.1, 0.15) is 11.3 Å². The number of carbonyl (C=O) groups excluding carboxylic acids is 1. The van der Waals surface area contributed by atoms with Crippen molar-refractivity contribution in [1.29, 1.82) is 0 Å². The first-order chi connectivity index (χ1) is 11.0. The lowest BCUT2D eigenvalue weighted by atomic mass is 10.0. The largest absolute Gasteiger partial charge is 0.481 e. The number of nitrogens with one attached hydrogen (secondary N) is 1. The molecule has 1 saturated carbocycles. The highest BCUT2D eigenvalue weighted by atomic mass is 16.4. The summed E-state index contributed by atoms with van der Waals surface area (Å²) < 4.78 is 5.87. The molecular formula is C18H21NO4. The highest BCUT2D eigenvalue weighted by Gasteiger charge is 2.34. The first kappa shape index (κ1) is 15.6. The van der Waals surface area contributed by atoms with Crippen molar-refractivity contribution in [3.05, 3.63) is 35.6 Å². The minimum atomic E-state index is -0.804. The molecule has 1 aromatic heterocycles. The molecule has 0 aliphatic heterocycles. The summed E-state index contributed by atoms with van der Waals surface area (Å²) >= 11 is 0. The van der Waals surface area contributed by atoms with E-state index < -0.39 is 11.9 Å². The van der Waals surface area contributed by atoms with Crippen LogP contribution in [0, 0.1) is 18.8 Å². The van der Waals surface area contributed by atoms with Crippen molar-refractivity contribution in [3.8, 4) is 0 Å². The predicted octanol–water partition coefficient (Wildman–Crippen LogP) is 3.42. The Kier molecular flexibility index (Phi) is 4.11. The fraction of sp³-hybridized carbons (Fsp3) is 0.444. The molecule has 122 valence electrons. The molecule has 1 amide bonds. The third-order valence-corrected chi connectivity index (χ3v) is 4.79. The van der Waals surface area contributed by atoms with E-state index in [9.17, 15) is 9.59 Å². The Morgan fingerprint density at radius 2 is 1.96 bits per heavy atom. The number of amides is 1. The minimum absolute atomic E-state index is 0.0823. The van der Waals surface area contributed by atoms with E-state index in [0.717, 1.165) is 22.3 Å². The molecule has 0 spiro atoms. The van der Waals surface area contributed by atoms with E-state index >= 15 is 0 Å². The van der Waals surface area contributed by atoms with Crippen LogP contribution in [-0.4, -0.2) is 17.0 Å². The van der Waals surface area contributed by atoms with E-state index in [1.54, 1.807) is 0 Å². The maximum absolute atomic E-state index is 12.4. The number of carbonyl (C=O) groups is 2. The summed E-state index contributed by atoms with van der Waals surface area (Å²) in [6.07, 6.45) is 1.63. The first-order valence-electron chi connectivity index (χ1n) is 7.98. The van der Waals surface area contributed by atoms with Gasteiger partial charge in [-0.05, 0) is 39.2 Å². The molecule has 3 atom stereocenters. The molecule has 3 rings (SSSR count). The molecule has 0 radical (unpaired) electrons. The van der Waals surface area contributed by atoms with Crippen molar-refractivity contribution < 1.29 is 19.1 Å². The van der Waals surface area contributed by atoms with Crippen molar-refractivity contribution in [3.63, 3.8) is 0 Å². The molecule has 0 unspecified atom stereocenters. The first-order valence-corrected chi connectivity index (χ1v) is 7.98. The Bertz CT molecular complexity index is 749. The molecule has 23 heavy (non-hydrogen) atoms. The van der Waals surface area contributed by atoms with Crippen LogP contribution in [0.1, 0.15) is 43.6 Å². The van der Waals surface area contributed by atoms with Gasteiger partial charge in [-0.1, -0.05) is 18.2 Å². The van der Waals surface area contributed by atoms with Crippen molar-refractivity contribution in [2.45, 2.75) is 39.2 Å². The van der Waals surface area contributed by atoms with E-state index in [0.29, 0.717) is 19.3 Å². The number of rotatable bonds is 4. The number of hydrogen-bond acceptors (Lipinski definition) is 3. The lowest BCUT2D eigenvalue weighted by Crippen LogP contribution is -2.32. The Balaban J connectivity index is 1.71. The monoisotopic (exact) mass is 315 g/mol. The van der Waals surface area contributed by atoms with Crippen LogP contribution in [0.5, 0.6) is 0 Å². The number of aliphatic carboxylic acids is 1. The van der Waals surface area contributed by atoms with E-state index in [1.807, 2.05) is 38.1 Å². The quantitative estimate of drug-likeness (QED) is 0.906. The molecule has 1 aliphatic rings. The van der Waals surface area contributed by atoms with E-state index in [2.05, 4.69) is 5.32 Å². The van der Waals surface area contributed by atoms with Crippen LogP contribution >= 0.6 is 0 Å². The van der Waals surface area contributed by atoms with Crippen LogP contribution in [0.2, 0.25) is 0 Å². The second kappa shape index (κ2) is 6.07. The van der Waals surface area contributed by atoms with E-state index in [-0.39, 0.29) is 17.9 Å². The van der Waals surface area contributed by atoms with Crippen molar-refractivity contribution in [2.75, 3.05) is 0 Å². The molecule has 0 saturated heterocycles. The molecule has 0 bridgehead atoms. The normalized spacial score (nSPS) is 22.2. The fourth-order valence-corrected chi connectivity index (χ4v) is 3.45. The zero-order chi connectivity index (χ0) is 16.6. The van der Waals surface area contributed by atoms with Gasteiger partial charge in [-0.25, -0.2) is 0 Å². The number of furan rings is 1. The molecule has 2 N–H and O–H groups in total. The molecule has 5 nitrogen and oxygen atoms in total. The van der Waals surface area contributed by atoms with Gasteiger partial charge in [0, 0.05) is 16.9 Å². The standard InChI is InChI=1S/C18H21NO4/c1-10-14-5-3-4-6-15(14)23-16(10)11(2)19-17(20)12-7-8-13(9-12)18(21)22/h3-6,11-13H,7-9H2,1-2H3,(H,19,20)(H,21,22)/t11-,12-,13+/m1/s1. The van der Waals surface area contributed by atoms with Gasteiger partial charge >= 0.3 is 5.97 Å². The van der Waals surface area contributed by atoms with Gasteiger partial charge < -0.3 is 14.8 Å². The van der Waals surface area contributed by atoms with Crippen LogP contribution in [0.4, 0.5) is 0 Å². The number of fused-ring (bicyclic) bond motifs is 1. The highest BCUT2D eigenvalue weighted by molar-refractivity contribution is 5.83. The van der Waals surface area contributed by atoms with Crippen LogP contribution < -0.4 is 5.32 Å². The zero-order valence-corrected chi connectivity index (χ0v) is 13.3. The number of aryl methyl sites for hydroxylation is 1. The topological polar surface area (TPSA) is 79.5 Å². The summed E-state index contributed by atoms with van der Waals surface area (Å²) in [5, 5.41) is 13.1. The van der Waals surface area contributed by atoms with E-state index in [1.165, 1.54) is 0 Å². The average Bonchev–Trinajstić information content (AvgIpc) is 3.13. The molecule has 1 aromatic carbocycles. The van der Waals surface area contributed by atoms with E-state index in [4.69, 9.17) is 9.52 Å². The maximum Gasteiger partial charge on any atom is 0.306 e. The SMILES string of the molecule is Cc1c([C@@H](C)NC(=O)[C@@H]2CC[C@H](C(=O)O)C2)oc2ccccc12. The molecule has 2 aromatic rings. The summed E-state index contributed by atoms with van der Waals surface area (Å²) in [4.78, 5) is 23.4. The Hall–Kier alpha value is -2.30. The molecule has 1 heterocycles. The smallest absolute Gasteiger partial charge is 0.306 e. The third-order valence-electron chi connectivity index (χ3n) is 4.79. The maximum atomic E-state index is 12.4. The fourth-order valence-electron chi connectivity index (χ4n) is 3.45. The molecule has 1 aliphatic carbocycles. The lowest BCUT2D eigenvalue weighted by molar-refractivity contribution is -0.141. The lowest BCUT2D eigenvalue weighted by Gasteiger charge is -2.16. The minimum Gasteiger partial charge on any atom is -0.481 e. The van der Waals surface area contributed by atoms with Crippen molar-refractivity contribution in [2.24, 2.45) is 11.8 Å². The van der Waals surface area contributed by atoms with Crippen molar-refractivity contribution >= 4 is 22.8 Å². The van der Waals surface area contributed by atoms with Crippen LogP contribution in [0.15, 0.2) is 28.7 Å². The number of para-hydroxylation sites is 1. The zero-order valence-electron chi connectivity index (χ0n) is 13.3. The Morgan fingerprint density at radius 1 is 1.26 bits per heavy atom. The number of hydrogen-bond donors (Lipinski definition) is 2. The van der Waals surface area contributed by atoms with Crippen LogP contribution in [-0.2, 0) is 9.59 Å². The number of carboxylic acid groups (broad SMARTS) is 1. The van der Waals surface area contributed by atoms with Crippen molar-refractivity contribution in [1.82, 2.24) is 5.32 Å². The second-order valence-corrected chi connectivity index (χ2v) is 6.36. The summed E-state index contributed by atoms with van der Waals surface area (Å²) in [5.74, 6) is -0.743. The predicted molar refractivity (Wildman–Crippen MR) is 86.0 cm³/mol. The molecule has 5 heteroatoms. The molecule has 1 fully saturated rings. The molecular weight excluding hydrogens is 294 g/mol. The van der Waals surface area contributed by atoms with Gasteiger partial charge in [0.2, 0.25) is 5.91 Å². The number of carboxylic acids is 1. The van der Waals surface area contributed by atoms with Gasteiger partial charge in [0.15, 0.2) is 0 Å². The van der Waals surface area contributed by atoms with Gasteiger partial charge in [0.05, 0.1) is 12.0 Å². The van der Waals surface area contributed by atoms with Gasteiger partial charge in [-0.2, -0.15) is 0 Å². The average molecular weight is 315 g/mol. The second-order valence-electron chi connectivity index (χ2n) is 6.36. The summed E-state index contributed by atoms with van der Waals surface area (Å²) in [6, 6.07) is 7.56. The van der Waals surface area contributed by atoms with Crippen LogP contribution in [0.3, 0.4) is 0 Å². The number of benzene rings is 1. The van der Waals surface area contributed by atoms with Crippen LogP contribution in [0.25, 0.3) is 11.0 Å². The Morgan fingerprint density at radius 3 is 2.61 bits per heavy atom. The van der Waals surface area contributed by atoms with Gasteiger partial charge in [-0.15, -0.1) is 0 Å². The summed E-state index contributed by atoms with van der Waals surface area (Å²) in [6.45, 7) is 3.88.